The lowest BCUT2D eigenvalue weighted by Gasteiger charge is -2.24. The first-order valence-corrected chi connectivity index (χ1v) is 11.1. The molecule has 1 aromatic carbocycles. The van der Waals surface area contributed by atoms with E-state index in [1.165, 1.54) is 0 Å². The van der Waals surface area contributed by atoms with Crippen LogP contribution in [-0.4, -0.2) is 51.9 Å². The maximum absolute atomic E-state index is 12.0. The van der Waals surface area contributed by atoms with E-state index < -0.39 is 5.60 Å². The van der Waals surface area contributed by atoms with Crippen molar-refractivity contribution in [2.45, 2.75) is 46.6 Å². The molecular weight excluding hydrogens is 444 g/mol. The van der Waals surface area contributed by atoms with E-state index in [1.54, 1.807) is 18.0 Å². The number of nitrogens with zero attached hydrogens (tertiary/aromatic N) is 4. The van der Waals surface area contributed by atoms with Gasteiger partial charge in [-0.25, -0.2) is 14.8 Å². The summed E-state index contributed by atoms with van der Waals surface area (Å²) in [6, 6.07) is 9.18. The van der Waals surface area contributed by atoms with Gasteiger partial charge in [-0.2, -0.15) is 0 Å². The van der Waals surface area contributed by atoms with Crippen LogP contribution >= 0.6 is 11.6 Å². The maximum atomic E-state index is 12.0. The molecule has 1 amide bonds. The average molecular weight is 473 g/mol. The van der Waals surface area contributed by atoms with Gasteiger partial charge in [0.2, 0.25) is 0 Å². The fourth-order valence-corrected chi connectivity index (χ4v) is 3.35. The number of aryl methyl sites for hydroxylation is 2. The number of benzene rings is 1. The van der Waals surface area contributed by atoms with Gasteiger partial charge in [-0.3, -0.25) is 0 Å². The minimum Gasteiger partial charge on any atom is -0.494 e. The number of hydrogen-bond acceptors (Lipinski definition) is 7. The maximum Gasteiger partial charge on any atom is 0.410 e. The molecule has 0 saturated heterocycles. The number of halogens is 1. The summed E-state index contributed by atoms with van der Waals surface area (Å²) in [7, 11) is 1.71. The number of aromatic nitrogens is 3. The quantitative estimate of drug-likeness (QED) is 0.321. The molecule has 2 aromatic heterocycles. The second-order valence-electron chi connectivity index (χ2n) is 8.73. The average Bonchev–Trinajstić information content (AvgIpc) is 3.07. The van der Waals surface area contributed by atoms with Crippen LogP contribution in [0.15, 0.2) is 34.9 Å². The number of carbonyl (C=O) groups is 1. The molecule has 0 spiro atoms. The Kier molecular flexibility index (Phi) is 7.58. The summed E-state index contributed by atoms with van der Waals surface area (Å²) in [6.45, 7) is 10.2. The smallest absolute Gasteiger partial charge is 0.410 e. The second-order valence-corrected chi connectivity index (χ2v) is 9.12. The van der Waals surface area contributed by atoms with Gasteiger partial charge < -0.3 is 18.9 Å². The summed E-state index contributed by atoms with van der Waals surface area (Å²) < 4.78 is 16.5. The number of amides is 1. The molecule has 8 nitrogen and oxygen atoms in total. The highest BCUT2D eigenvalue weighted by Crippen LogP contribution is 2.30. The molecule has 0 fully saturated rings. The molecular formula is C24H29ClN4O4. The number of hydrogen-bond donors (Lipinski definition) is 0. The van der Waals surface area contributed by atoms with E-state index in [4.69, 9.17) is 25.6 Å². The van der Waals surface area contributed by atoms with E-state index in [0.29, 0.717) is 47.8 Å². The third-order valence-corrected chi connectivity index (χ3v) is 4.88. The Morgan fingerprint density at radius 1 is 1.18 bits per heavy atom. The molecule has 0 unspecified atom stereocenters. The first-order valence-electron chi connectivity index (χ1n) is 10.7. The van der Waals surface area contributed by atoms with Crippen LogP contribution in [0.1, 0.15) is 38.6 Å². The van der Waals surface area contributed by atoms with E-state index >= 15 is 0 Å². The number of carbonyl (C=O) groups excluding carboxylic acids is 1. The second kappa shape index (κ2) is 10.2. The molecule has 0 radical (unpaired) electrons. The van der Waals surface area contributed by atoms with Gasteiger partial charge in [0.25, 0.3) is 0 Å². The molecule has 0 saturated carbocycles. The van der Waals surface area contributed by atoms with E-state index in [9.17, 15) is 4.79 Å². The number of rotatable bonds is 7. The monoisotopic (exact) mass is 472 g/mol. The van der Waals surface area contributed by atoms with Crippen molar-refractivity contribution >= 4 is 17.7 Å². The Bertz CT molecular complexity index is 1100. The van der Waals surface area contributed by atoms with Crippen molar-refractivity contribution in [1.29, 1.82) is 0 Å². The van der Waals surface area contributed by atoms with Gasteiger partial charge in [0.15, 0.2) is 5.82 Å². The Balaban J connectivity index is 1.65. The van der Waals surface area contributed by atoms with Gasteiger partial charge in [0.05, 0.1) is 23.6 Å². The van der Waals surface area contributed by atoms with Crippen LogP contribution in [0.4, 0.5) is 4.79 Å². The molecule has 0 aliphatic heterocycles. The lowest BCUT2D eigenvalue weighted by atomic mass is 10.1. The highest BCUT2D eigenvalue weighted by Gasteiger charge is 2.19. The molecule has 9 heteroatoms. The number of ether oxygens (including phenoxy) is 2. The van der Waals surface area contributed by atoms with Gasteiger partial charge in [-0.15, -0.1) is 0 Å². The van der Waals surface area contributed by atoms with Crippen LogP contribution < -0.4 is 4.74 Å². The Morgan fingerprint density at radius 3 is 2.61 bits per heavy atom. The highest BCUT2D eigenvalue weighted by atomic mass is 35.5. The van der Waals surface area contributed by atoms with Crippen molar-refractivity contribution in [2.24, 2.45) is 0 Å². The van der Waals surface area contributed by atoms with Crippen LogP contribution in [0.5, 0.6) is 5.75 Å². The molecule has 176 valence electrons. The summed E-state index contributed by atoms with van der Waals surface area (Å²) in [5, 5.41) is 4.32. The molecule has 0 atom stereocenters. The minimum atomic E-state index is -0.518. The fraction of sp³-hybridized carbons (Fsp3) is 0.417. The molecule has 2 heterocycles. The third-order valence-electron chi connectivity index (χ3n) is 4.69. The first-order chi connectivity index (χ1) is 15.5. The Labute approximate surface area is 198 Å². The molecule has 0 bridgehead atoms. The zero-order valence-corrected chi connectivity index (χ0v) is 20.6. The molecule has 0 aliphatic rings. The van der Waals surface area contributed by atoms with Gasteiger partial charge >= 0.3 is 6.09 Å². The summed E-state index contributed by atoms with van der Waals surface area (Å²) in [4.78, 5) is 22.6. The first kappa shape index (κ1) is 24.5. The lowest BCUT2D eigenvalue weighted by Crippen LogP contribution is -2.35. The highest BCUT2D eigenvalue weighted by molar-refractivity contribution is 6.29. The van der Waals surface area contributed by atoms with Crippen LogP contribution in [0, 0.1) is 13.8 Å². The normalized spacial score (nSPS) is 11.4. The Hall–Kier alpha value is -3.13. The minimum absolute atomic E-state index is 0.325. The van der Waals surface area contributed by atoms with Gasteiger partial charge in [0.1, 0.15) is 22.3 Å². The van der Waals surface area contributed by atoms with E-state index in [-0.39, 0.29) is 6.09 Å². The summed E-state index contributed by atoms with van der Waals surface area (Å²) in [6.07, 6.45) is 0.306. The summed E-state index contributed by atoms with van der Waals surface area (Å²) in [5.74, 6) is 1.82. The standard InChI is InChI=1S/C24H29ClN4O4/c1-15-21(16(2)33-28-15)19-14-20(25)27-22(26-19)17-9-7-10-18(13-17)31-12-8-11-29(6)23(30)32-24(3,4)5/h7,9-10,13-14H,8,11-12H2,1-6H3. The predicted octanol–water partition coefficient (Wildman–Crippen LogP) is 5.70. The summed E-state index contributed by atoms with van der Waals surface area (Å²) >= 11 is 6.28. The van der Waals surface area contributed by atoms with Crippen molar-refractivity contribution in [3.05, 3.63) is 46.9 Å². The Morgan fingerprint density at radius 2 is 1.94 bits per heavy atom. The molecule has 0 N–H and O–H groups in total. The topological polar surface area (TPSA) is 90.6 Å². The van der Waals surface area contributed by atoms with Crippen molar-refractivity contribution in [3.63, 3.8) is 0 Å². The van der Waals surface area contributed by atoms with E-state index in [0.717, 1.165) is 16.8 Å². The van der Waals surface area contributed by atoms with E-state index in [1.807, 2.05) is 58.9 Å². The molecule has 0 aliphatic carbocycles. The third kappa shape index (κ3) is 6.68. The fourth-order valence-electron chi connectivity index (χ4n) is 3.17. The van der Waals surface area contributed by atoms with Crippen molar-refractivity contribution in [1.82, 2.24) is 20.0 Å². The van der Waals surface area contributed by atoms with Crippen molar-refractivity contribution in [2.75, 3.05) is 20.2 Å². The van der Waals surface area contributed by atoms with Crippen LogP contribution in [0.3, 0.4) is 0 Å². The summed E-state index contributed by atoms with van der Waals surface area (Å²) in [5.41, 5.74) is 2.45. The van der Waals surface area contributed by atoms with Crippen molar-refractivity contribution < 1.29 is 18.8 Å². The zero-order valence-electron chi connectivity index (χ0n) is 19.8. The lowest BCUT2D eigenvalue weighted by molar-refractivity contribution is 0.0292. The van der Waals surface area contributed by atoms with Crippen LogP contribution in [0.25, 0.3) is 22.6 Å². The largest absolute Gasteiger partial charge is 0.494 e. The SMILES string of the molecule is Cc1noc(C)c1-c1cc(Cl)nc(-c2cccc(OCCCN(C)C(=O)OC(C)(C)C)c2)n1. The van der Waals surface area contributed by atoms with Crippen LogP contribution in [0.2, 0.25) is 5.15 Å². The van der Waals surface area contributed by atoms with Gasteiger partial charge in [-0.05, 0) is 53.2 Å². The zero-order chi connectivity index (χ0) is 24.2. The van der Waals surface area contributed by atoms with E-state index in [2.05, 4.69) is 15.1 Å². The molecule has 3 aromatic rings. The molecule has 3 rings (SSSR count). The van der Waals surface area contributed by atoms with Gasteiger partial charge in [-0.1, -0.05) is 28.9 Å². The van der Waals surface area contributed by atoms with Gasteiger partial charge in [0, 0.05) is 25.2 Å². The predicted molar refractivity (Wildman–Crippen MR) is 126 cm³/mol. The molecule has 33 heavy (non-hydrogen) atoms. The van der Waals surface area contributed by atoms with Crippen molar-refractivity contribution in [3.8, 4) is 28.4 Å². The van der Waals surface area contributed by atoms with Crippen LogP contribution in [-0.2, 0) is 4.74 Å².